The number of nitrogens with zero attached hydrogens (tertiary/aromatic N) is 3. The molecule has 4 nitrogen and oxygen atoms in total. The molecule has 0 bridgehead atoms. The van der Waals surface area contributed by atoms with Crippen molar-refractivity contribution in [3.63, 3.8) is 0 Å². The van der Waals surface area contributed by atoms with Gasteiger partial charge in [-0.15, -0.1) is 16.4 Å². The molecule has 1 aromatic carbocycles. The topological polar surface area (TPSA) is 47.8 Å². The molecule has 0 atom stereocenters. The zero-order valence-corrected chi connectivity index (χ0v) is 11.1. The molecular formula is C14H11N3OS. The Hall–Kier alpha value is -2.27. The first kappa shape index (κ1) is 11.8. The van der Waals surface area contributed by atoms with Crippen LogP contribution in [0, 0.1) is 6.92 Å². The highest BCUT2D eigenvalue weighted by atomic mass is 32.1. The van der Waals surface area contributed by atoms with Crippen LogP contribution >= 0.6 is 11.3 Å². The van der Waals surface area contributed by atoms with E-state index in [-0.39, 0.29) is 0 Å². The Morgan fingerprint density at radius 3 is 2.63 bits per heavy atom. The monoisotopic (exact) mass is 269 g/mol. The average Bonchev–Trinajstić information content (AvgIpc) is 3.07. The molecule has 0 aliphatic rings. The SMILES string of the molecule is Cc1ccc(-n2nnc(C=O)c2-c2cccs2)cc1. The number of carbonyl (C=O) groups is 1. The molecular weight excluding hydrogens is 258 g/mol. The third-order valence-corrected chi connectivity index (χ3v) is 3.72. The van der Waals surface area contributed by atoms with Gasteiger partial charge in [0.2, 0.25) is 0 Å². The third-order valence-electron chi connectivity index (χ3n) is 2.84. The maximum absolute atomic E-state index is 11.1. The normalized spacial score (nSPS) is 10.6. The fraction of sp³-hybridized carbons (Fsp3) is 0.0714. The summed E-state index contributed by atoms with van der Waals surface area (Å²) in [5, 5.41) is 9.99. The van der Waals surface area contributed by atoms with E-state index < -0.39 is 0 Å². The number of hydrogen-bond donors (Lipinski definition) is 0. The first-order chi connectivity index (χ1) is 9.29. The summed E-state index contributed by atoms with van der Waals surface area (Å²) < 4.78 is 1.70. The number of hydrogen-bond acceptors (Lipinski definition) is 4. The number of aryl methyl sites for hydroxylation is 1. The lowest BCUT2D eigenvalue weighted by molar-refractivity contribution is 0.111. The molecule has 3 rings (SSSR count). The van der Waals surface area contributed by atoms with Crippen molar-refractivity contribution in [2.45, 2.75) is 6.92 Å². The molecule has 0 saturated carbocycles. The van der Waals surface area contributed by atoms with Gasteiger partial charge in [-0.3, -0.25) is 4.79 Å². The molecule has 0 aliphatic carbocycles. The summed E-state index contributed by atoms with van der Waals surface area (Å²) in [4.78, 5) is 12.1. The number of rotatable bonds is 3. The minimum atomic E-state index is 0.364. The van der Waals surface area contributed by atoms with E-state index in [1.807, 2.05) is 48.7 Å². The molecule has 94 valence electrons. The van der Waals surface area contributed by atoms with Crippen molar-refractivity contribution in [2.24, 2.45) is 0 Å². The van der Waals surface area contributed by atoms with Crippen LogP contribution in [-0.4, -0.2) is 21.3 Å². The van der Waals surface area contributed by atoms with Crippen LogP contribution in [-0.2, 0) is 0 Å². The summed E-state index contributed by atoms with van der Waals surface area (Å²) in [5.41, 5.74) is 3.18. The van der Waals surface area contributed by atoms with Crippen molar-refractivity contribution in [1.29, 1.82) is 0 Å². The van der Waals surface area contributed by atoms with Gasteiger partial charge in [-0.1, -0.05) is 29.0 Å². The molecule has 2 aromatic heterocycles. The van der Waals surface area contributed by atoms with Gasteiger partial charge in [-0.2, -0.15) is 0 Å². The molecule has 0 spiro atoms. The van der Waals surface area contributed by atoms with Crippen LogP contribution in [0.15, 0.2) is 41.8 Å². The Balaban J connectivity index is 2.19. The number of benzene rings is 1. The summed E-state index contributed by atoms with van der Waals surface area (Å²) in [6.07, 6.45) is 0.743. The number of thiophene rings is 1. The van der Waals surface area contributed by atoms with Crippen LogP contribution in [0.4, 0.5) is 0 Å². The van der Waals surface area contributed by atoms with Gasteiger partial charge in [0.25, 0.3) is 0 Å². The van der Waals surface area contributed by atoms with E-state index in [4.69, 9.17) is 0 Å². The summed E-state index contributed by atoms with van der Waals surface area (Å²) in [6, 6.07) is 11.9. The second-order valence-electron chi connectivity index (χ2n) is 4.17. The Kier molecular flexibility index (Phi) is 2.97. The van der Waals surface area contributed by atoms with E-state index >= 15 is 0 Å². The van der Waals surface area contributed by atoms with Crippen molar-refractivity contribution in [3.05, 3.63) is 53.0 Å². The smallest absolute Gasteiger partial charge is 0.172 e. The molecule has 0 amide bonds. The molecule has 19 heavy (non-hydrogen) atoms. The summed E-state index contributed by atoms with van der Waals surface area (Å²) in [6.45, 7) is 2.03. The minimum Gasteiger partial charge on any atom is -0.296 e. The molecule has 5 heteroatoms. The predicted octanol–water partition coefficient (Wildman–Crippen LogP) is 3.12. The third kappa shape index (κ3) is 2.08. The van der Waals surface area contributed by atoms with E-state index in [1.54, 1.807) is 16.0 Å². The van der Waals surface area contributed by atoms with Crippen LogP contribution in [0.2, 0.25) is 0 Å². The van der Waals surface area contributed by atoms with Crippen LogP contribution in [0.25, 0.3) is 16.3 Å². The minimum absolute atomic E-state index is 0.364. The quantitative estimate of drug-likeness (QED) is 0.686. The van der Waals surface area contributed by atoms with Crippen molar-refractivity contribution < 1.29 is 4.79 Å². The first-order valence-corrected chi connectivity index (χ1v) is 6.69. The number of carbonyl (C=O) groups excluding carboxylic acids is 1. The van der Waals surface area contributed by atoms with Crippen molar-refractivity contribution in [2.75, 3.05) is 0 Å². The predicted molar refractivity (Wildman–Crippen MR) is 74.8 cm³/mol. The average molecular weight is 269 g/mol. The zero-order chi connectivity index (χ0) is 13.2. The van der Waals surface area contributed by atoms with E-state index in [9.17, 15) is 4.79 Å². The maximum Gasteiger partial charge on any atom is 0.172 e. The largest absolute Gasteiger partial charge is 0.296 e. The number of aldehydes is 1. The summed E-state index contributed by atoms with van der Waals surface area (Å²) in [7, 11) is 0. The van der Waals surface area contributed by atoms with Gasteiger partial charge < -0.3 is 0 Å². The van der Waals surface area contributed by atoms with E-state index in [0.717, 1.165) is 22.5 Å². The Morgan fingerprint density at radius 1 is 1.21 bits per heavy atom. The van der Waals surface area contributed by atoms with Crippen LogP contribution in [0.1, 0.15) is 16.1 Å². The fourth-order valence-electron chi connectivity index (χ4n) is 1.88. The Morgan fingerprint density at radius 2 is 2.00 bits per heavy atom. The highest BCUT2D eigenvalue weighted by Gasteiger charge is 2.16. The Bertz CT molecular complexity index is 699. The Labute approximate surface area is 114 Å². The number of aromatic nitrogens is 3. The second kappa shape index (κ2) is 4.78. The highest BCUT2D eigenvalue weighted by Crippen LogP contribution is 2.28. The molecule has 0 N–H and O–H groups in total. The molecule has 0 aliphatic heterocycles. The van der Waals surface area contributed by atoms with Gasteiger partial charge in [-0.05, 0) is 30.5 Å². The van der Waals surface area contributed by atoms with E-state index in [0.29, 0.717) is 5.69 Å². The maximum atomic E-state index is 11.1. The first-order valence-electron chi connectivity index (χ1n) is 5.81. The molecule has 0 unspecified atom stereocenters. The standard InChI is InChI=1S/C14H11N3OS/c1-10-4-6-11(7-5-10)17-14(12(9-18)15-16-17)13-3-2-8-19-13/h2-9H,1H3. The fourth-order valence-corrected chi connectivity index (χ4v) is 2.65. The highest BCUT2D eigenvalue weighted by molar-refractivity contribution is 7.13. The molecule has 0 radical (unpaired) electrons. The van der Waals surface area contributed by atoms with Crippen LogP contribution < -0.4 is 0 Å². The van der Waals surface area contributed by atoms with Crippen molar-refractivity contribution in [3.8, 4) is 16.3 Å². The molecule has 3 aromatic rings. The lowest BCUT2D eigenvalue weighted by atomic mass is 10.2. The lowest BCUT2D eigenvalue weighted by Crippen LogP contribution is -1.99. The van der Waals surface area contributed by atoms with Crippen molar-refractivity contribution >= 4 is 17.6 Å². The van der Waals surface area contributed by atoms with Crippen LogP contribution in [0.3, 0.4) is 0 Å². The van der Waals surface area contributed by atoms with Crippen molar-refractivity contribution in [1.82, 2.24) is 15.0 Å². The van der Waals surface area contributed by atoms with Gasteiger partial charge >= 0.3 is 0 Å². The lowest BCUT2D eigenvalue weighted by Gasteiger charge is -2.05. The van der Waals surface area contributed by atoms with Gasteiger partial charge in [-0.25, -0.2) is 4.68 Å². The van der Waals surface area contributed by atoms with Gasteiger partial charge in [0.1, 0.15) is 5.69 Å². The van der Waals surface area contributed by atoms with Crippen LogP contribution in [0.5, 0.6) is 0 Å². The van der Waals surface area contributed by atoms with Gasteiger partial charge in [0, 0.05) is 0 Å². The van der Waals surface area contributed by atoms with Gasteiger partial charge in [0.05, 0.1) is 10.6 Å². The van der Waals surface area contributed by atoms with E-state index in [2.05, 4.69) is 10.3 Å². The summed E-state index contributed by atoms with van der Waals surface area (Å²) in [5.74, 6) is 0. The zero-order valence-electron chi connectivity index (χ0n) is 10.3. The summed E-state index contributed by atoms with van der Waals surface area (Å²) >= 11 is 1.56. The molecule has 2 heterocycles. The van der Waals surface area contributed by atoms with E-state index in [1.165, 1.54) is 5.56 Å². The molecule has 0 saturated heterocycles. The van der Waals surface area contributed by atoms with Gasteiger partial charge in [0.15, 0.2) is 12.0 Å². The molecule has 0 fully saturated rings. The second-order valence-corrected chi connectivity index (χ2v) is 5.11.